The summed E-state index contributed by atoms with van der Waals surface area (Å²) in [5, 5.41) is 0. The lowest BCUT2D eigenvalue weighted by molar-refractivity contribution is -0.0336. The zero-order valence-electron chi connectivity index (χ0n) is 6.64. The SMILES string of the molecule is FC(F)(F)SNCc1ccccc1. The average molecular weight is 207 g/mol. The molecule has 0 bridgehead atoms. The molecule has 0 aromatic heterocycles. The molecule has 0 saturated heterocycles. The van der Waals surface area contributed by atoms with E-state index < -0.39 is 5.51 Å². The third kappa shape index (κ3) is 4.80. The summed E-state index contributed by atoms with van der Waals surface area (Å²) in [5.74, 6) is 0. The molecule has 0 heterocycles. The Morgan fingerprint density at radius 1 is 1.15 bits per heavy atom. The summed E-state index contributed by atoms with van der Waals surface area (Å²) in [6, 6.07) is 8.93. The molecule has 13 heavy (non-hydrogen) atoms. The van der Waals surface area contributed by atoms with Gasteiger partial charge in [-0.3, -0.25) is 4.72 Å². The summed E-state index contributed by atoms with van der Waals surface area (Å²) in [7, 11) is 0. The van der Waals surface area contributed by atoms with Crippen molar-refractivity contribution in [1.82, 2.24) is 4.72 Å². The molecule has 0 amide bonds. The second kappa shape index (κ2) is 4.53. The maximum absolute atomic E-state index is 11.7. The smallest absolute Gasteiger partial charge is 0.252 e. The Kier molecular flexibility index (Phi) is 3.62. The van der Waals surface area contributed by atoms with Gasteiger partial charge in [0.1, 0.15) is 0 Å². The molecule has 0 aliphatic rings. The summed E-state index contributed by atoms with van der Waals surface area (Å²) in [4.78, 5) is 0. The third-order valence-corrected chi connectivity index (χ3v) is 1.83. The lowest BCUT2D eigenvalue weighted by Gasteiger charge is -2.06. The van der Waals surface area contributed by atoms with Crippen LogP contribution in [0.15, 0.2) is 30.3 Å². The van der Waals surface area contributed by atoms with E-state index >= 15 is 0 Å². The lowest BCUT2D eigenvalue weighted by atomic mass is 10.2. The third-order valence-electron chi connectivity index (χ3n) is 1.31. The van der Waals surface area contributed by atoms with Crippen molar-refractivity contribution < 1.29 is 13.2 Å². The Balaban J connectivity index is 2.29. The van der Waals surface area contributed by atoms with Crippen molar-refractivity contribution >= 4 is 11.9 Å². The van der Waals surface area contributed by atoms with E-state index in [2.05, 4.69) is 4.72 Å². The molecule has 0 aliphatic heterocycles. The predicted molar refractivity (Wildman–Crippen MR) is 46.9 cm³/mol. The van der Waals surface area contributed by atoms with Gasteiger partial charge in [-0.25, -0.2) is 0 Å². The van der Waals surface area contributed by atoms with Gasteiger partial charge in [-0.05, 0) is 5.56 Å². The van der Waals surface area contributed by atoms with Crippen LogP contribution < -0.4 is 4.72 Å². The first kappa shape index (κ1) is 10.4. The van der Waals surface area contributed by atoms with Gasteiger partial charge in [0.2, 0.25) is 0 Å². The first-order chi connectivity index (χ1) is 6.08. The van der Waals surface area contributed by atoms with Crippen LogP contribution in [0.2, 0.25) is 0 Å². The van der Waals surface area contributed by atoms with Gasteiger partial charge in [-0.1, -0.05) is 30.3 Å². The fraction of sp³-hybridized carbons (Fsp3) is 0.250. The van der Waals surface area contributed by atoms with E-state index in [0.29, 0.717) is 0 Å². The number of alkyl halides is 3. The van der Waals surface area contributed by atoms with Gasteiger partial charge in [-0.15, -0.1) is 0 Å². The fourth-order valence-corrected chi connectivity index (χ4v) is 1.20. The number of halogens is 3. The van der Waals surface area contributed by atoms with Crippen LogP contribution in [0.5, 0.6) is 0 Å². The highest BCUT2D eigenvalue weighted by Crippen LogP contribution is 2.27. The van der Waals surface area contributed by atoms with Gasteiger partial charge < -0.3 is 0 Å². The van der Waals surface area contributed by atoms with E-state index in [4.69, 9.17) is 0 Å². The fourth-order valence-electron chi connectivity index (χ4n) is 0.797. The summed E-state index contributed by atoms with van der Waals surface area (Å²) in [6.07, 6.45) is 0. The molecule has 1 rings (SSSR count). The summed E-state index contributed by atoms with van der Waals surface area (Å²) in [5.41, 5.74) is -3.38. The predicted octanol–water partition coefficient (Wildman–Crippen LogP) is 2.94. The van der Waals surface area contributed by atoms with Crippen LogP contribution in [0, 0.1) is 0 Å². The molecule has 0 radical (unpaired) electrons. The highest BCUT2D eigenvalue weighted by molar-refractivity contribution is 7.98. The van der Waals surface area contributed by atoms with Crippen LogP contribution in [0.1, 0.15) is 5.56 Å². The van der Waals surface area contributed by atoms with E-state index in [1.54, 1.807) is 24.3 Å². The monoisotopic (exact) mass is 207 g/mol. The Labute approximate surface area is 78.5 Å². The van der Waals surface area contributed by atoms with Crippen molar-refractivity contribution in [3.8, 4) is 0 Å². The van der Waals surface area contributed by atoms with Crippen LogP contribution in [-0.4, -0.2) is 5.51 Å². The Morgan fingerprint density at radius 2 is 1.77 bits per heavy atom. The van der Waals surface area contributed by atoms with Gasteiger partial charge >= 0.3 is 5.51 Å². The van der Waals surface area contributed by atoms with Crippen LogP contribution in [-0.2, 0) is 6.54 Å². The Morgan fingerprint density at radius 3 is 2.31 bits per heavy atom. The quantitative estimate of drug-likeness (QED) is 0.765. The maximum atomic E-state index is 11.7. The Bertz CT molecular complexity index is 247. The number of benzene rings is 1. The second-order valence-corrected chi connectivity index (χ2v) is 3.31. The summed E-state index contributed by atoms with van der Waals surface area (Å²) < 4.78 is 37.2. The van der Waals surface area contributed by atoms with E-state index in [-0.39, 0.29) is 18.5 Å². The zero-order chi connectivity index (χ0) is 9.73. The van der Waals surface area contributed by atoms with Crippen LogP contribution in [0.3, 0.4) is 0 Å². The molecule has 0 spiro atoms. The lowest BCUT2D eigenvalue weighted by Crippen LogP contribution is -2.12. The van der Waals surface area contributed by atoms with E-state index in [1.807, 2.05) is 6.07 Å². The average Bonchev–Trinajstić information content (AvgIpc) is 2.04. The maximum Gasteiger partial charge on any atom is 0.456 e. The first-order valence-electron chi connectivity index (χ1n) is 3.59. The standard InChI is InChI=1S/C8H8F3NS/c9-8(10,11)13-12-6-7-4-2-1-3-5-7/h1-5,12H,6H2. The van der Waals surface area contributed by atoms with Gasteiger partial charge in [0.15, 0.2) is 0 Å². The molecular formula is C8H8F3NS. The van der Waals surface area contributed by atoms with Crippen molar-refractivity contribution in [3.63, 3.8) is 0 Å². The largest absolute Gasteiger partial charge is 0.456 e. The minimum atomic E-state index is -4.21. The van der Waals surface area contributed by atoms with Crippen LogP contribution in [0.4, 0.5) is 13.2 Å². The van der Waals surface area contributed by atoms with Gasteiger partial charge in [0.25, 0.3) is 0 Å². The molecule has 0 atom stereocenters. The zero-order valence-corrected chi connectivity index (χ0v) is 7.45. The summed E-state index contributed by atoms with van der Waals surface area (Å²) in [6.45, 7) is 0.213. The number of hydrogen-bond donors (Lipinski definition) is 1. The number of rotatable bonds is 3. The number of hydrogen-bond acceptors (Lipinski definition) is 2. The van der Waals surface area contributed by atoms with Gasteiger partial charge in [0.05, 0.1) is 0 Å². The van der Waals surface area contributed by atoms with Crippen molar-refractivity contribution in [2.45, 2.75) is 12.1 Å². The van der Waals surface area contributed by atoms with Crippen LogP contribution >= 0.6 is 11.9 Å². The van der Waals surface area contributed by atoms with Crippen molar-refractivity contribution in [1.29, 1.82) is 0 Å². The van der Waals surface area contributed by atoms with Gasteiger partial charge in [-0.2, -0.15) is 13.2 Å². The van der Waals surface area contributed by atoms with E-state index in [0.717, 1.165) is 5.56 Å². The second-order valence-electron chi connectivity index (χ2n) is 2.35. The molecule has 1 aromatic rings. The highest BCUT2D eigenvalue weighted by atomic mass is 32.2. The van der Waals surface area contributed by atoms with Crippen molar-refractivity contribution in [2.75, 3.05) is 0 Å². The molecule has 0 aliphatic carbocycles. The van der Waals surface area contributed by atoms with Crippen molar-refractivity contribution in [2.24, 2.45) is 0 Å². The Hall–Kier alpha value is -0.680. The summed E-state index contributed by atoms with van der Waals surface area (Å²) >= 11 is -0.222. The molecule has 1 N–H and O–H groups in total. The molecule has 0 saturated carbocycles. The van der Waals surface area contributed by atoms with Crippen molar-refractivity contribution in [3.05, 3.63) is 35.9 Å². The van der Waals surface area contributed by atoms with E-state index in [1.165, 1.54) is 0 Å². The first-order valence-corrected chi connectivity index (χ1v) is 4.41. The topological polar surface area (TPSA) is 12.0 Å². The molecule has 72 valence electrons. The molecule has 0 fully saturated rings. The van der Waals surface area contributed by atoms with E-state index in [9.17, 15) is 13.2 Å². The molecule has 0 unspecified atom stereocenters. The molecular weight excluding hydrogens is 199 g/mol. The highest BCUT2D eigenvalue weighted by Gasteiger charge is 2.28. The molecule has 1 aromatic carbocycles. The molecule has 1 nitrogen and oxygen atoms in total. The van der Waals surface area contributed by atoms with Crippen LogP contribution in [0.25, 0.3) is 0 Å². The minimum absolute atomic E-state index is 0.213. The molecule has 5 heteroatoms. The minimum Gasteiger partial charge on any atom is -0.252 e. The normalized spacial score (nSPS) is 11.6. The number of nitrogens with one attached hydrogen (secondary N) is 1. The van der Waals surface area contributed by atoms with Gasteiger partial charge in [0, 0.05) is 18.5 Å².